The minimum Gasteiger partial charge on any atom is -0.462 e. The second kappa shape index (κ2) is 10.5. The van der Waals surface area contributed by atoms with Gasteiger partial charge in [-0.3, -0.25) is 0 Å². The molecular weight excluding hydrogens is 411 g/mol. The van der Waals surface area contributed by atoms with Crippen LogP contribution in [0.5, 0.6) is 5.75 Å². The molecule has 0 aliphatic carbocycles. The van der Waals surface area contributed by atoms with Gasteiger partial charge in [-0.05, 0) is 30.7 Å². The van der Waals surface area contributed by atoms with E-state index in [1.165, 1.54) is 24.3 Å². The van der Waals surface area contributed by atoms with Gasteiger partial charge in [0.05, 0.1) is 22.8 Å². The molecule has 0 unspecified atom stereocenters. The fourth-order valence-corrected chi connectivity index (χ4v) is 2.94. The number of ether oxygens (including phenoxy) is 2. The molecule has 144 valence electrons. The molecule has 2 rings (SSSR count). The third-order valence-electron chi connectivity index (χ3n) is 3.73. The average molecular weight is 430 g/mol. The van der Waals surface area contributed by atoms with Crippen molar-refractivity contribution >= 4 is 46.7 Å². The molecule has 0 N–H and O–H groups in total. The first-order chi connectivity index (χ1) is 12.9. The van der Waals surface area contributed by atoms with Crippen LogP contribution in [-0.2, 0) is 4.74 Å². The molecule has 0 amide bonds. The standard InChI is InChI=1S/C20H19Cl3O4/c1-2-3-4-5-9-26-19(24)13-7-6-8-14(10-13)20(25)27-17-12-15(21)11-16(22)18(17)23/h6-8,10-12H,2-5,9H2,1H3. The highest BCUT2D eigenvalue weighted by Crippen LogP contribution is 2.35. The van der Waals surface area contributed by atoms with E-state index in [1.54, 1.807) is 12.1 Å². The van der Waals surface area contributed by atoms with Crippen LogP contribution < -0.4 is 4.74 Å². The maximum absolute atomic E-state index is 12.4. The zero-order valence-corrected chi connectivity index (χ0v) is 17.0. The summed E-state index contributed by atoms with van der Waals surface area (Å²) in [7, 11) is 0. The maximum Gasteiger partial charge on any atom is 0.343 e. The molecule has 0 saturated carbocycles. The highest BCUT2D eigenvalue weighted by molar-refractivity contribution is 6.44. The van der Waals surface area contributed by atoms with Crippen molar-refractivity contribution in [3.63, 3.8) is 0 Å². The van der Waals surface area contributed by atoms with Gasteiger partial charge >= 0.3 is 11.9 Å². The van der Waals surface area contributed by atoms with E-state index in [0.717, 1.165) is 25.7 Å². The number of benzene rings is 2. The lowest BCUT2D eigenvalue weighted by atomic mass is 10.1. The second-order valence-corrected chi connectivity index (χ2v) is 7.09. The fourth-order valence-electron chi connectivity index (χ4n) is 2.32. The minimum absolute atomic E-state index is 0.0445. The van der Waals surface area contributed by atoms with E-state index >= 15 is 0 Å². The molecule has 0 radical (unpaired) electrons. The molecule has 2 aromatic carbocycles. The Morgan fingerprint density at radius 2 is 1.63 bits per heavy atom. The molecular formula is C20H19Cl3O4. The summed E-state index contributed by atoms with van der Waals surface area (Å²) in [6.45, 7) is 2.46. The average Bonchev–Trinajstić information content (AvgIpc) is 2.65. The molecule has 27 heavy (non-hydrogen) atoms. The lowest BCUT2D eigenvalue weighted by Gasteiger charge is -2.09. The van der Waals surface area contributed by atoms with Gasteiger partial charge in [0.2, 0.25) is 0 Å². The van der Waals surface area contributed by atoms with E-state index in [2.05, 4.69) is 6.92 Å². The number of rotatable bonds is 8. The zero-order chi connectivity index (χ0) is 19.8. The SMILES string of the molecule is CCCCCCOC(=O)c1cccc(C(=O)Oc2cc(Cl)cc(Cl)c2Cl)c1. The van der Waals surface area contributed by atoms with Crippen molar-refractivity contribution in [1.29, 1.82) is 0 Å². The molecule has 0 fully saturated rings. The van der Waals surface area contributed by atoms with Gasteiger partial charge in [-0.15, -0.1) is 0 Å². The number of esters is 2. The van der Waals surface area contributed by atoms with Gasteiger partial charge in [0.15, 0.2) is 5.75 Å². The van der Waals surface area contributed by atoms with Crippen LogP contribution in [0.25, 0.3) is 0 Å². The first-order valence-electron chi connectivity index (χ1n) is 8.56. The summed E-state index contributed by atoms with van der Waals surface area (Å²) in [6, 6.07) is 8.93. The van der Waals surface area contributed by atoms with Crippen LogP contribution >= 0.6 is 34.8 Å². The fraction of sp³-hybridized carbons (Fsp3) is 0.300. The van der Waals surface area contributed by atoms with Gasteiger partial charge in [0.1, 0.15) is 5.02 Å². The number of carbonyl (C=O) groups excluding carboxylic acids is 2. The Balaban J connectivity index is 2.04. The molecule has 0 heterocycles. The summed E-state index contributed by atoms with van der Waals surface area (Å²) in [6.07, 6.45) is 4.04. The summed E-state index contributed by atoms with van der Waals surface area (Å²) in [5, 5.41) is 0.539. The smallest absolute Gasteiger partial charge is 0.343 e. The molecule has 0 atom stereocenters. The van der Waals surface area contributed by atoms with Crippen LogP contribution in [0.15, 0.2) is 36.4 Å². The third kappa shape index (κ3) is 6.42. The van der Waals surface area contributed by atoms with Crippen LogP contribution in [0.2, 0.25) is 15.1 Å². The Bertz CT molecular complexity index is 821. The normalized spacial score (nSPS) is 10.5. The van der Waals surface area contributed by atoms with Crippen LogP contribution in [0.3, 0.4) is 0 Å². The summed E-state index contributed by atoms with van der Waals surface area (Å²) in [5.74, 6) is -1.12. The summed E-state index contributed by atoms with van der Waals surface area (Å²) in [5.41, 5.74) is 0.456. The molecule has 2 aromatic rings. The van der Waals surface area contributed by atoms with E-state index in [0.29, 0.717) is 6.61 Å². The number of hydrogen-bond acceptors (Lipinski definition) is 4. The summed E-state index contributed by atoms with van der Waals surface area (Å²) in [4.78, 5) is 24.5. The third-order valence-corrected chi connectivity index (χ3v) is 4.73. The lowest BCUT2D eigenvalue weighted by molar-refractivity contribution is 0.0498. The minimum atomic E-state index is -0.687. The van der Waals surface area contributed by atoms with E-state index < -0.39 is 11.9 Å². The second-order valence-electron chi connectivity index (χ2n) is 5.87. The van der Waals surface area contributed by atoms with E-state index in [1.807, 2.05) is 0 Å². The number of hydrogen-bond donors (Lipinski definition) is 0. The van der Waals surface area contributed by atoms with E-state index in [4.69, 9.17) is 44.3 Å². The molecule has 0 bridgehead atoms. The van der Waals surface area contributed by atoms with E-state index in [-0.39, 0.29) is 31.9 Å². The molecule has 7 heteroatoms. The van der Waals surface area contributed by atoms with Gasteiger partial charge in [0, 0.05) is 11.1 Å². The molecule has 0 aliphatic rings. The Hall–Kier alpha value is -1.75. The van der Waals surface area contributed by atoms with Gasteiger partial charge in [0.25, 0.3) is 0 Å². The predicted octanol–water partition coefficient (Wildman–Crippen LogP) is 6.60. The highest BCUT2D eigenvalue weighted by Gasteiger charge is 2.16. The maximum atomic E-state index is 12.4. The van der Waals surface area contributed by atoms with Crippen LogP contribution in [-0.4, -0.2) is 18.5 Å². The van der Waals surface area contributed by atoms with Crippen molar-refractivity contribution in [1.82, 2.24) is 0 Å². The quantitative estimate of drug-likeness (QED) is 0.205. The van der Waals surface area contributed by atoms with Crippen molar-refractivity contribution in [2.45, 2.75) is 32.6 Å². The Kier molecular flexibility index (Phi) is 8.42. The van der Waals surface area contributed by atoms with Gasteiger partial charge in [-0.1, -0.05) is 67.1 Å². The van der Waals surface area contributed by atoms with Crippen molar-refractivity contribution < 1.29 is 19.1 Å². The van der Waals surface area contributed by atoms with E-state index in [9.17, 15) is 9.59 Å². The van der Waals surface area contributed by atoms with Crippen molar-refractivity contribution in [3.05, 3.63) is 62.6 Å². The number of unbranched alkanes of at least 4 members (excludes halogenated alkanes) is 3. The Morgan fingerprint density at radius 1 is 0.926 bits per heavy atom. The zero-order valence-electron chi connectivity index (χ0n) is 14.8. The monoisotopic (exact) mass is 428 g/mol. The first-order valence-corrected chi connectivity index (χ1v) is 9.69. The molecule has 0 saturated heterocycles. The first kappa shape index (κ1) is 21.5. The molecule has 4 nitrogen and oxygen atoms in total. The predicted molar refractivity (Wildman–Crippen MR) is 107 cm³/mol. The van der Waals surface area contributed by atoms with Crippen molar-refractivity contribution in [2.75, 3.05) is 6.61 Å². The summed E-state index contributed by atoms with van der Waals surface area (Å²) < 4.78 is 10.5. The topological polar surface area (TPSA) is 52.6 Å². The number of carbonyl (C=O) groups is 2. The number of halogens is 3. The molecule has 0 spiro atoms. The van der Waals surface area contributed by atoms with Gasteiger partial charge in [-0.2, -0.15) is 0 Å². The largest absolute Gasteiger partial charge is 0.462 e. The Morgan fingerprint density at radius 3 is 2.33 bits per heavy atom. The highest BCUT2D eigenvalue weighted by atomic mass is 35.5. The van der Waals surface area contributed by atoms with Crippen LogP contribution in [0.4, 0.5) is 0 Å². The summed E-state index contributed by atoms with van der Waals surface area (Å²) >= 11 is 17.9. The van der Waals surface area contributed by atoms with Crippen LogP contribution in [0.1, 0.15) is 53.3 Å². The van der Waals surface area contributed by atoms with Crippen molar-refractivity contribution in [2.24, 2.45) is 0 Å². The van der Waals surface area contributed by atoms with Crippen LogP contribution in [0, 0.1) is 0 Å². The lowest BCUT2D eigenvalue weighted by Crippen LogP contribution is -2.12. The van der Waals surface area contributed by atoms with Crippen molar-refractivity contribution in [3.8, 4) is 5.75 Å². The molecule has 0 aromatic heterocycles. The van der Waals surface area contributed by atoms with Gasteiger partial charge in [-0.25, -0.2) is 9.59 Å². The van der Waals surface area contributed by atoms with Gasteiger partial charge < -0.3 is 9.47 Å². The molecule has 0 aliphatic heterocycles. The Labute approximate surface area is 173 Å².